The zero-order chi connectivity index (χ0) is 15.5. The van der Waals surface area contributed by atoms with E-state index in [-0.39, 0.29) is 0 Å². The highest BCUT2D eigenvalue weighted by Crippen LogP contribution is 2.29. The van der Waals surface area contributed by atoms with Gasteiger partial charge < -0.3 is 5.32 Å². The molecule has 1 aliphatic heterocycles. The van der Waals surface area contributed by atoms with E-state index in [1.165, 1.54) is 24.7 Å². The lowest BCUT2D eigenvalue weighted by Gasteiger charge is -2.32. The summed E-state index contributed by atoms with van der Waals surface area (Å²) in [5.41, 5.74) is 1.54. The molecule has 0 radical (unpaired) electrons. The van der Waals surface area contributed by atoms with Crippen LogP contribution in [0.2, 0.25) is 0 Å². The normalized spacial score (nSPS) is 29.4. The standard InChI is InChI=1S/C16H30N2O2S/c1-13-5-4-6-14(2)16(13)12-17-11-15-7-9-18(10-8-15)21(3,19)20/h5,14-17H,4,6-12H2,1-3H3/t14-,16-/m0/s1. The predicted octanol–water partition coefficient (Wildman–Crippen LogP) is 2.24. The Morgan fingerprint density at radius 3 is 2.48 bits per heavy atom. The van der Waals surface area contributed by atoms with E-state index in [0.717, 1.165) is 31.8 Å². The molecule has 0 unspecified atom stereocenters. The minimum Gasteiger partial charge on any atom is -0.316 e. The average molecular weight is 314 g/mol. The van der Waals surface area contributed by atoms with Crippen molar-refractivity contribution in [1.29, 1.82) is 0 Å². The summed E-state index contributed by atoms with van der Waals surface area (Å²) in [4.78, 5) is 0. The quantitative estimate of drug-likeness (QED) is 0.792. The van der Waals surface area contributed by atoms with Gasteiger partial charge in [-0.25, -0.2) is 12.7 Å². The van der Waals surface area contributed by atoms with Crippen LogP contribution >= 0.6 is 0 Å². The highest BCUT2D eigenvalue weighted by molar-refractivity contribution is 7.88. The van der Waals surface area contributed by atoms with Crippen molar-refractivity contribution in [3.63, 3.8) is 0 Å². The van der Waals surface area contributed by atoms with Crippen molar-refractivity contribution in [3.05, 3.63) is 11.6 Å². The Bertz CT molecular complexity index is 465. The van der Waals surface area contributed by atoms with Crippen LogP contribution in [0.4, 0.5) is 0 Å². The Morgan fingerprint density at radius 2 is 1.90 bits per heavy atom. The van der Waals surface area contributed by atoms with Crippen LogP contribution in [-0.2, 0) is 10.0 Å². The fraction of sp³-hybridized carbons (Fsp3) is 0.875. The summed E-state index contributed by atoms with van der Waals surface area (Å²) < 4.78 is 24.6. The van der Waals surface area contributed by atoms with Gasteiger partial charge in [-0.2, -0.15) is 0 Å². The molecule has 0 bridgehead atoms. The molecule has 1 fully saturated rings. The van der Waals surface area contributed by atoms with Crippen molar-refractivity contribution in [2.75, 3.05) is 32.4 Å². The van der Waals surface area contributed by atoms with Gasteiger partial charge in [-0.1, -0.05) is 18.6 Å². The minimum atomic E-state index is -3.00. The predicted molar refractivity (Wildman–Crippen MR) is 87.7 cm³/mol. The van der Waals surface area contributed by atoms with Crippen LogP contribution in [0.15, 0.2) is 11.6 Å². The Balaban J connectivity index is 1.71. The molecular formula is C16H30N2O2S. The van der Waals surface area contributed by atoms with Gasteiger partial charge in [0.05, 0.1) is 6.26 Å². The summed E-state index contributed by atoms with van der Waals surface area (Å²) in [6.45, 7) is 8.07. The Hall–Kier alpha value is -0.390. The number of piperidine rings is 1. The van der Waals surface area contributed by atoms with Crippen molar-refractivity contribution >= 4 is 10.0 Å². The molecule has 2 aliphatic rings. The van der Waals surface area contributed by atoms with E-state index in [1.807, 2.05) is 0 Å². The number of hydrogen-bond donors (Lipinski definition) is 1. The maximum Gasteiger partial charge on any atom is 0.211 e. The SMILES string of the molecule is CC1=CCC[C@H](C)[C@H]1CNCC1CCN(S(C)(=O)=O)CC1. The largest absolute Gasteiger partial charge is 0.316 e. The van der Waals surface area contributed by atoms with Crippen molar-refractivity contribution in [1.82, 2.24) is 9.62 Å². The average Bonchev–Trinajstić information content (AvgIpc) is 2.42. The fourth-order valence-corrected chi connectivity index (χ4v) is 4.50. The highest BCUT2D eigenvalue weighted by Gasteiger charge is 2.25. The minimum absolute atomic E-state index is 0.617. The smallest absolute Gasteiger partial charge is 0.211 e. The van der Waals surface area contributed by atoms with Gasteiger partial charge >= 0.3 is 0 Å². The van der Waals surface area contributed by atoms with Crippen molar-refractivity contribution < 1.29 is 8.42 Å². The summed E-state index contributed by atoms with van der Waals surface area (Å²) in [7, 11) is -3.00. The topological polar surface area (TPSA) is 49.4 Å². The van der Waals surface area contributed by atoms with E-state index < -0.39 is 10.0 Å². The molecule has 0 spiro atoms. The van der Waals surface area contributed by atoms with Crippen LogP contribution < -0.4 is 5.32 Å². The van der Waals surface area contributed by atoms with E-state index in [9.17, 15) is 8.42 Å². The second-order valence-corrected chi connectivity index (χ2v) is 8.86. The molecule has 0 aromatic rings. The molecule has 2 rings (SSSR count). The number of allylic oxidation sites excluding steroid dienone is 1. The first kappa shape index (κ1) is 17.0. The summed E-state index contributed by atoms with van der Waals surface area (Å²) in [6.07, 6.45) is 8.19. The van der Waals surface area contributed by atoms with Crippen molar-refractivity contribution in [3.8, 4) is 0 Å². The summed E-state index contributed by atoms with van der Waals surface area (Å²) in [5, 5.41) is 3.63. The van der Waals surface area contributed by atoms with Crippen molar-refractivity contribution in [2.24, 2.45) is 17.8 Å². The second-order valence-electron chi connectivity index (χ2n) is 6.87. The Kier molecular flexibility index (Phi) is 5.86. The van der Waals surface area contributed by atoms with Crippen LogP contribution in [0.1, 0.15) is 39.5 Å². The molecule has 21 heavy (non-hydrogen) atoms. The molecule has 122 valence electrons. The lowest BCUT2D eigenvalue weighted by atomic mass is 9.80. The third-order valence-corrected chi connectivity index (χ3v) is 6.50. The van der Waals surface area contributed by atoms with Crippen LogP contribution in [0.3, 0.4) is 0 Å². The number of hydrogen-bond acceptors (Lipinski definition) is 3. The maximum atomic E-state index is 11.5. The monoisotopic (exact) mass is 314 g/mol. The second kappa shape index (κ2) is 7.25. The number of sulfonamides is 1. The zero-order valence-electron chi connectivity index (χ0n) is 13.6. The van der Waals surface area contributed by atoms with E-state index >= 15 is 0 Å². The van der Waals surface area contributed by atoms with Gasteiger partial charge in [0.25, 0.3) is 0 Å². The van der Waals surface area contributed by atoms with E-state index in [4.69, 9.17) is 0 Å². The third kappa shape index (κ3) is 4.80. The molecule has 4 nitrogen and oxygen atoms in total. The third-order valence-electron chi connectivity index (χ3n) is 5.20. The number of nitrogens with one attached hydrogen (secondary N) is 1. The molecule has 0 aromatic carbocycles. The zero-order valence-corrected chi connectivity index (χ0v) is 14.5. The van der Waals surface area contributed by atoms with Gasteiger partial charge in [-0.15, -0.1) is 0 Å². The van der Waals surface area contributed by atoms with Crippen LogP contribution in [-0.4, -0.2) is 45.2 Å². The van der Waals surface area contributed by atoms with Gasteiger partial charge in [0.2, 0.25) is 10.0 Å². The maximum absolute atomic E-state index is 11.5. The van der Waals surface area contributed by atoms with Crippen LogP contribution in [0, 0.1) is 17.8 Å². The molecule has 1 heterocycles. The molecule has 1 saturated heterocycles. The first-order chi connectivity index (χ1) is 9.88. The van der Waals surface area contributed by atoms with Crippen LogP contribution in [0.25, 0.3) is 0 Å². The van der Waals surface area contributed by atoms with Crippen molar-refractivity contribution in [2.45, 2.75) is 39.5 Å². The molecule has 5 heteroatoms. The van der Waals surface area contributed by atoms with E-state index in [0.29, 0.717) is 24.9 Å². The number of nitrogens with zero attached hydrogens (tertiary/aromatic N) is 1. The van der Waals surface area contributed by atoms with Crippen LogP contribution in [0.5, 0.6) is 0 Å². The summed E-state index contributed by atoms with van der Waals surface area (Å²) in [6, 6.07) is 0. The lowest BCUT2D eigenvalue weighted by molar-refractivity contribution is 0.260. The molecule has 1 N–H and O–H groups in total. The molecule has 0 aromatic heterocycles. The van der Waals surface area contributed by atoms with E-state index in [2.05, 4.69) is 25.2 Å². The van der Waals surface area contributed by atoms with Gasteiger partial charge in [-0.3, -0.25) is 0 Å². The fourth-order valence-electron chi connectivity index (χ4n) is 3.63. The number of rotatable bonds is 5. The molecule has 1 aliphatic carbocycles. The van der Waals surface area contributed by atoms with Gasteiger partial charge in [0.15, 0.2) is 0 Å². The van der Waals surface area contributed by atoms with E-state index in [1.54, 1.807) is 4.31 Å². The Labute approximate surface area is 130 Å². The molecule has 2 atom stereocenters. The molecule has 0 saturated carbocycles. The molecule has 0 amide bonds. The summed E-state index contributed by atoms with van der Waals surface area (Å²) >= 11 is 0. The Morgan fingerprint density at radius 1 is 1.24 bits per heavy atom. The van der Waals surface area contributed by atoms with Gasteiger partial charge in [-0.05, 0) is 56.9 Å². The lowest BCUT2D eigenvalue weighted by Crippen LogP contribution is -2.41. The van der Waals surface area contributed by atoms with Gasteiger partial charge in [0.1, 0.15) is 0 Å². The van der Waals surface area contributed by atoms with Gasteiger partial charge in [0, 0.05) is 19.6 Å². The highest BCUT2D eigenvalue weighted by atomic mass is 32.2. The first-order valence-corrected chi connectivity index (χ1v) is 10.0. The first-order valence-electron chi connectivity index (χ1n) is 8.20. The molecular weight excluding hydrogens is 284 g/mol. The summed E-state index contributed by atoms with van der Waals surface area (Å²) in [5.74, 6) is 2.07.